The first kappa shape index (κ1) is 15.1. The van der Waals surface area contributed by atoms with Crippen molar-refractivity contribution in [3.8, 4) is 0 Å². The minimum absolute atomic E-state index is 0. The predicted molar refractivity (Wildman–Crippen MR) is 30.5 cm³/mol. The second-order valence-corrected chi connectivity index (χ2v) is 2.42. The summed E-state index contributed by atoms with van der Waals surface area (Å²) in [5.41, 5.74) is 0. The molecular weight excluding hydrogens is 283 g/mol. The van der Waals surface area contributed by atoms with Crippen molar-refractivity contribution in [2.24, 2.45) is 0 Å². The minimum atomic E-state index is -4.19. The molecule has 15 heavy (non-hydrogen) atoms. The summed E-state index contributed by atoms with van der Waals surface area (Å²) in [5, 5.41) is 0. The Morgan fingerprint density at radius 2 is 0.933 bits per heavy atom. The van der Waals surface area contributed by atoms with Crippen LogP contribution >= 0.6 is 0 Å². The summed E-state index contributed by atoms with van der Waals surface area (Å²) in [6.45, 7) is -0.465. The van der Waals surface area contributed by atoms with Gasteiger partial charge in [0.25, 0.3) is 12.4 Å². The van der Waals surface area contributed by atoms with E-state index in [1.54, 1.807) is 0 Å². The smallest absolute Gasteiger partial charge is 0.562 e. The van der Waals surface area contributed by atoms with E-state index >= 15 is 0 Å². The monoisotopic (exact) mass is 286 g/mol. The molecule has 2 saturated heterocycles. The number of hydrogen-bond donors (Lipinski definition) is 0. The molecule has 2 fully saturated rings. The Bertz CT molecular complexity index is 173. The van der Waals surface area contributed by atoms with Gasteiger partial charge in [0.05, 0.1) is 0 Å². The zero-order chi connectivity index (χ0) is 11.0. The summed E-state index contributed by atoms with van der Waals surface area (Å²) in [6, 6.07) is 0. The molecule has 84 valence electrons. The SMILES string of the molecule is FC(F)(F)[C-]1CO1.FC(F)(F)[C-]1CO1.[Zn+2]. The van der Waals surface area contributed by atoms with Gasteiger partial charge in [0.2, 0.25) is 0 Å². The van der Waals surface area contributed by atoms with Crippen LogP contribution in [0.25, 0.3) is 0 Å². The first-order chi connectivity index (χ1) is 6.21. The van der Waals surface area contributed by atoms with Crippen molar-refractivity contribution >= 4 is 0 Å². The van der Waals surface area contributed by atoms with Gasteiger partial charge in [-0.3, -0.25) is 0 Å². The molecule has 0 amide bonds. The molecule has 0 spiro atoms. The molecule has 2 nitrogen and oxygen atoms in total. The van der Waals surface area contributed by atoms with Crippen molar-refractivity contribution < 1.29 is 55.3 Å². The Balaban J connectivity index is 0.000000245. The summed E-state index contributed by atoms with van der Waals surface area (Å²) in [5.74, 6) is 0. The Morgan fingerprint density at radius 3 is 0.933 bits per heavy atom. The maximum atomic E-state index is 11.1. The third-order valence-corrected chi connectivity index (χ3v) is 1.21. The van der Waals surface area contributed by atoms with Crippen LogP contribution in [0.5, 0.6) is 0 Å². The van der Waals surface area contributed by atoms with Gasteiger partial charge in [-0.05, 0) is 0 Å². The van der Waals surface area contributed by atoms with Crippen molar-refractivity contribution in [1.82, 2.24) is 0 Å². The Kier molecular flexibility index (Phi) is 5.01. The van der Waals surface area contributed by atoms with Gasteiger partial charge in [-0.2, -0.15) is 0 Å². The Morgan fingerprint density at radius 1 is 0.733 bits per heavy atom. The fourth-order valence-corrected chi connectivity index (χ4v) is 0.399. The minimum Gasteiger partial charge on any atom is -0.562 e. The summed E-state index contributed by atoms with van der Waals surface area (Å²) in [4.78, 5) is 0. The maximum Gasteiger partial charge on any atom is 2.00 e. The van der Waals surface area contributed by atoms with E-state index in [0.29, 0.717) is 0 Å². The normalized spacial score (nSPS) is 21.2. The molecule has 2 rings (SSSR count). The zero-order valence-corrected chi connectivity index (χ0v) is 10.2. The fourth-order valence-electron chi connectivity index (χ4n) is 0.399. The molecule has 0 N–H and O–H groups in total. The summed E-state index contributed by atoms with van der Waals surface area (Å²) < 4.78 is 74.2. The number of rotatable bonds is 0. The second-order valence-electron chi connectivity index (χ2n) is 2.42. The average Bonchev–Trinajstić information content (AvgIpc) is 2.81. The molecule has 2 aliphatic heterocycles. The van der Waals surface area contributed by atoms with Gasteiger partial charge in [0.1, 0.15) is 0 Å². The van der Waals surface area contributed by atoms with E-state index in [0.717, 1.165) is 0 Å². The molecular formula is C6H4F6O2Zn. The molecule has 0 saturated carbocycles. The van der Waals surface area contributed by atoms with E-state index in [1.807, 2.05) is 0 Å². The topological polar surface area (TPSA) is 25.1 Å². The van der Waals surface area contributed by atoms with Gasteiger partial charge >= 0.3 is 19.5 Å². The van der Waals surface area contributed by atoms with Crippen molar-refractivity contribution in [2.45, 2.75) is 12.4 Å². The quantitative estimate of drug-likeness (QED) is 0.295. The van der Waals surface area contributed by atoms with Crippen LogP contribution in [-0.2, 0) is 29.0 Å². The van der Waals surface area contributed by atoms with Crippen LogP contribution in [0.4, 0.5) is 26.3 Å². The Labute approximate surface area is 93.7 Å². The molecule has 0 aromatic carbocycles. The van der Waals surface area contributed by atoms with Crippen LogP contribution in [0.3, 0.4) is 0 Å². The van der Waals surface area contributed by atoms with Gasteiger partial charge < -0.3 is 9.47 Å². The third kappa shape index (κ3) is 6.32. The zero-order valence-electron chi connectivity index (χ0n) is 7.21. The largest absolute Gasteiger partial charge is 2.00 e. The standard InChI is InChI=1S/2C3H2F3O.Zn/c2*4-3(5,6)2-1-7-2;/h2*1H2;/q2*-1;+2. The van der Waals surface area contributed by atoms with E-state index in [1.165, 1.54) is 0 Å². The molecule has 0 radical (unpaired) electrons. The maximum absolute atomic E-state index is 11.1. The molecule has 2 heterocycles. The van der Waals surface area contributed by atoms with Gasteiger partial charge in [-0.15, -0.1) is 0 Å². The van der Waals surface area contributed by atoms with Gasteiger partial charge in [-0.25, -0.2) is 26.3 Å². The number of hydrogen-bond acceptors (Lipinski definition) is 2. The summed E-state index contributed by atoms with van der Waals surface area (Å²) >= 11 is 0. The molecule has 2 aliphatic rings. The van der Waals surface area contributed by atoms with E-state index in [-0.39, 0.29) is 32.7 Å². The number of halogens is 6. The third-order valence-electron chi connectivity index (χ3n) is 1.21. The number of ether oxygens (including phenoxy) is 2. The molecule has 0 aromatic rings. The van der Waals surface area contributed by atoms with E-state index in [4.69, 9.17) is 0 Å². The van der Waals surface area contributed by atoms with Crippen LogP contribution in [-0.4, -0.2) is 25.6 Å². The summed E-state index contributed by atoms with van der Waals surface area (Å²) in [6.07, 6.45) is -9.90. The molecule has 0 bridgehead atoms. The molecule has 9 heteroatoms. The van der Waals surface area contributed by atoms with Crippen molar-refractivity contribution in [3.05, 3.63) is 12.2 Å². The van der Waals surface area contributed by atoms with Crippen LogP contribution in [0.2, 0.25) is 0 Å². The van der Waals surface area contributed by atoms with Gasteiger partial charge in [0.15, 0.2) is 0 Å². The van der Waals surface area contributed by atoms with Crippen LogP contribution in [0.15, 0.2) is 0 Å². The summed E-state index contributed by atoms with van der Waals surface area (Å²) in [7, 11) is 0. The van der Waals surface area contributed by atoms with Crippen LogP contribution < -0.4 is 0 Å². The average molecular weight is 287 g/mol. The van der Waals surface area contributed by atoms with Crippen LogP contribution in [0, 0.1) is 12.2 Å². The Hall–Kier alpha value is 0.123. The van der Waals surface area contributed by atoms with Crippen molar-refractivity contribution in [2.75, 3.05) is 13.2 Å². The molecule has 0 aliphatic carbocycles. The molecule has 0 atom stereocenters. The second kappa shape index (κ2) is 4.97. The molecule has 0 aromatic heterocycles. The van der Waals surface area contributed by atoms with Crippen LogP contribution in [0.1, 0.15) is 0 Å². The predicted octanol–water partition coefficient (Wildman–Crippen LogP) is 2.22. The van der Waals surface area contributed by atoms with Gasteiger partial charge in [0, 0.05) is 0 Å². The van der Waals surface area contributed by atoms with Crippen molar-refractivity contribution in [3.63, 3.8) is 0 Å². The first-order valence-electron chi connectivity index (χ1n) is 3.33. The van der Waals surface area contributed by atoms with E-state index < -0.39 is 24.6 Å². The van der Waals surface area contributed by atoms with Gasteiger partial charge in [-0.1, -0.05) is 25.4 Å². The van der Waals surface area contributed by atoms with E-state index in [9.17, 15) is 26.3 Å². The van der Waals surface area contributed by atoms with Crippen molar-refractivity contribution in [1.29, 1.82) is 0 Å². The number of epoxide rings is 2. The first-order valence-corrected chi connectivity index (χ1v) is 3.33. The molecule has 0 unspecified atom stereocenters. The fraction of sp³-hybridized carbons (Fsp3) is 0.667. The number of alkyl halides is 6. The van der Waals surface area contributed by atoms with E-state index in [2.05, 4.69) is 9.47 Å².